The first-order valence-electron chi connectivity index (χ1n) is 5.99. The van der Waals surface area contributed by atoms with Crippen molar-refractivity contribution in [2.24, 2.45) is 0 Å². The highest BCUT2D eigenvalue weighted by Gasteiger charge is 2.12. The van der Waals surface area contributed by atoms with Gasteiger partial charge in [-0.25, -0.2) is 4.79 Å². The van der Waals surface area contributed by atoms with E-state index in [4.69, 9.17) is 14.6 Å². The Bertz CT molecular complexity index is 630. The van der Waals surface area contributed by atoms with Crippen LogP contribution in [0.5, 0.6) is 11.5 Å². The molecule has 0 bridgehead atoms. The van der Waals surface area contributed by atoms with Crippen LogP contribution in [-0.4, -0.2) is 18.2 Å². The summed E-state index contributed by atoms with van der Waals surface area (Å²) in [5.74, 6) is 0.362. The maximum Gasteiger partial charge on any atom is 0.335 e. The fourth-order valence-electron chi connectivity index (χ4n) is 1.70. The van der Waals surface area contributed by atoms with Gasteiger partial charge < -0.3 is 14.6 Å². The van der Waals surface area contributed by atoms with Crippen molar-refractivity contribution in [2.75, 3.05) is 7.11 Å². The van der Waals surface area contributed by atoms with Crippen molar-refractivity contribution in [3.63, 3.8) is 0 Å². The monoisotopic (exact) mass is 414 g/mol. The number of carboxylic acid groups (broad SMARTS) is 1. The fraction of sp³-hybridized carbons (Fsp3) is 0.133. The summed E-state index contributed by atoms with van der Waals surface area (Å²) in [6.45, 7) is 0.369. The summed E-state index contributed by atoms with van der Waals surface area (Å²) in [4.78, 5) is 11.0. The summed E-state index contributed by atoms with van der Waals surface area (Å²) >= 11 is 6.65. The van der Waals surface area contributed by atoms with Crippen molar-refractivity contribution >= 4 is 37.8 Å². The van der Waals surface area contributed by atoms with E-state index in [-0.39, 0.29) is 5.56 Å². The second-order valence-corrected chi connectivity index (χ2v) is 5.92. The van der Waals surface area contributed by atoms with Gasteiger partial charge in [-0.05, 0) is 61.7 Å². The zero-order valence-corrected chi connectivity index (χ0v) is 14.3. The predicted molar refractivity (Wildman–Crippen MR) is 86.1 cm³/mol. The Morgan fingerprint density at radius 1 is 1.14 bits per heavy atom. The molecule has 0 heterocycles. The molecule has 0 saturated carbocycles. The Kier molecular flexibility index (Phi) is 5.25. The van der Waals surface area contributed by atoms with Crippen molar-refractivity contribution < 1.29 is 19.4 Å². The van der Waals surface area contributed by atoms with E-state index in [9.17, 15) is 4.79 Å². The third kappa shape index (κ3) is 3.98. The molecule has 110 valence electrons. The number of methoxy groups -OCH3 is 1. The van der Waals surface area contributed by atoms with Gasteiger partial charge in [-0.15, -0.1) is 0 Å². The molecule has 2 aromatic carbocycles. The van der Waals surface area contributed by atoms with Crippen LogP contribution in [0.25, 0.3) is 0 Å². The molecular weight excluding hydrogens is 404 g/mol. The van der Waals surface area contributed by atoms with Gasteiger partial charge in [0.1, 0.15) is 18.1 Å². The van der Waals surface area contributed by atoms with Gasteiger partial charge in [0.15, 0.2) is 0 Å². The maximum atomic E-state index is 11.0. The lowest BCUT2D eigenvalue weighted by Gasteiger charge is -2.11. The lowest BCUT2D eigenvalue weighted by Crippen LogP contribution is -2.00. The van der Waals surface area contributed by atoms with E-state index in [0.717, 1.165) is 11.3 Å². The Balaban J connectivity index is 2.14. The lowest BCUT2D eigenvalue weighted by atomic mass is 10.2. The lowest BCUT2D eigenvalue weighted by molar-refractivity contribution is 0.0696. The molecule has 6 heteroatoms. The van der Waals surface area contributed by atoms with Gasteiger partial charge in [0.25, 0.3) is 0 Å². The Hall–Kier alpha value is -1.53. The van der Waals surface area contributed by atoms with E-state index in [1.165, 1.54) is 12.1 Å². The molecule has 0 aromatic heterocycles. The molecule has 0 atom stereocenters. The smallest absolute Gasteiger partial charge is 0.335 e. The van der Waals surface area contributed by atoms with Crippen molar-refractivity contribution in [3.05, 3.63) is 56.5 Å². The second kappa shape index (κ2) is 6.95. The molecule has 2 rings (SSSR count). The summed E-state index contributed by atoms with van der Waals surface area (Å²) in [6, 6.07) is 10.6. The van der Waals surface area contributed by atoms with E-state index in [0.29, 0.717) is 21.3 Å². The number of ether oxygens (including phenoxy) is 2. The third-order valence-corrected chi connectivity index (χ3v) is 3.97. The molecule has 0 fully saturated rings. The van der Waals surface area contributed by atoms with Crippen LogP contribution in [0.15, 0.2) is 45.3 Å². The predicted octanol–water partition coefficient (Wildman–Crippen LogP) is 4.50. The van der Waals surface area contributed by atoms with Crippen molar-refractivity contribution in [3.8, 4) is 11.5 Å². The third-order valence-electron chi connectivity index (χ3n) is 2.79. The summed E-state index contributed by atoms with van der Waals surface area (Å²) in [5.41, 5.74) is 1.17. The van der Waals surface area contributed by atoms with Gasteiger partial charge in [-0.1, -0.05) is 12.1 Å². The highest BCUT2D eigenvalue weighted by molar-refractivity contribution is 9.11. The van der Waals surface area contributed by atoms with Gasteiger partial charge in [-0.2, -0.15) is 0 Å². The number of benzene rings is 2. The Morgan fingerprint density at radius 2 is 1.71 bits per heavy atom. The van der Waals surface area contributed by atoms with Crippen LogP contribution in [0.4, 0.5) is 0 Å². The van der Waals surface area contributed by atoms with Gasteiger partial charge in [0.2, 0.25) is 0 Å². The van der Waals surface area contributed by atoms with Crippen molar-refractivity contribution in [1.82, 2.24) is 0 Å². The van der Waals surface area contributed by atoms with Gasteiger partial charge >= 0.3 is 5.97 Å². The topological polar surface area (TPSA) is 55.8 Å². The quantitative estimate of drug-likeness (QED) is 0.781. The van der Waals surface area contributed by atoms with E-state index in [1.54, 1.807) is 7.11 Å². The first kappa shape index (κ1) is 15.9. The Labute approximate surface area is 139 Å². The maximum absolute atomic E-state index is 11.0. The molecule has 4 nitrogen and oxygen atoms in total. The number of rotatable bonds is 5. The molecule has 21 heavy (non-hydrogen) atoms. The molecular formula is C15H12Br2O4. The van der Waals surface area contributed by atoms with Crippen LogP contribution in [0.1, 0.15) is 15.9 Å². The van der Waals surface area contributed by atoms with Crippen LogP contribution in [-0.2, 0) is 6.61 Å². The molecule has 0 radical (unpaired) electrons. The molecule has 0 unspecified atom stereocenters. The molecule has 0 aliphatic heterocycles. The van der Waals surface area contributed by atoms with E-state index in [1.807, 2.05) is 24.3 Å². The minimum atomic E-state index is -0.988. The first-order valence-corrected chi connectivity index (χ1v) is 7.58. The first-order chi connectivity index (χ1) is 10.0. The van der Waals surface area contributed by atoms with Crippen LogP contribution in [0.3, 0.4) is 0 Å². The molecule has 0 spiro atoms. The van der Waals surface area contributed by atoms with Gasteiger partial charge in [-0.3, -0.25) is 0 Å². The number of hydrogen-bond acceptors (Lipinski definition) is 3. The zero-order chi connectivity index (χ0) is 15.4. The molecule has 0 aliphatic carbocycles. The molecule has 0 aliphatic rings. The number of halogens is 2. The van der Waals surface area contributed by atoms with Crippen LogP contribution >= 0.6 is 31.9 Å². The number of carbonyl (C=O) groups is 1. The van der Waals surface area contributed by atoms with E-state index >= 15 is 0 Å². The molecule has 0 saturated heterocycles. The molecule has 2 aromatic rings. The average Bonchev–Trinajstić information content (AvgIpc) is 2.46. The highest BCUT2D eigenvalue weighted by Crippen LogP contribution is 2.35. The van der Waals surface area contributed by atoms with E-state index < -0.39 is 5.97 Å². The Morgan fingerprint density at radius 3 is 2.19 bits per heavy atom. The number of hydrogen-bond donors (Lipinski definition) is 1. The van der Waals surface area contributed by atoms with Gasteiger partial charge in [0.05, 0.1) is 21.6 Å². The van der Waals surface area contributed by atoms with Crippen molar-refractivity contribution in [2.45, 2.75) is 6.61 Å². The summed E-state index contributed by atoms with van der Waals surface area (Å²) < 4.78 is 12.0. The average molecular weight is 416 g/mol. The van der Waals surface area contributed by atoms with Crippen LogP contribution in [0.2, 0.25) is 0 Å². The summed E-state index contributed by atoms with van der Waals surface area (Å²) in [7, 11) is 1.61. The molecule has 1 N–H and O–H groups in total. The summed E-state index contributed by atoms with van der Waals surface area (Å²) in [6.07, 6.45) is 0. The second-order valence-electron chi connectivity index (χ2n) is 4.21. The normalized spacial score (nSPS) is 10.2. The minimum absolute atomic E-state index is 0.186. The SMILES string of the molecule is COc1ccc(COc2c(Br)cc(C(=O)O)cc2Br)cc1. The van der Waals surface area contributed by atoms with Crippen LogP contribution < -0.4 is 9.47 Å². The number of carboxylic acids is 1. The standard InChI is InChI=1S/C15H12Br2O4/c1-20-11-4-2-9(3-5-11)8-21-14-12(16)6-10(15(18)19)7-13(14)17/h2-7H,8H2,1H3,(H,18,19). The van der Waals surface area contributed by atoms with Crippen molar-refractivity contribution in [1.29, 1.82) is 0 Å². The fourth-order valence-corrected chi connectivity index (χ4v) is 3.11. The summed E-state index contributed by atoms with van der Waals surface area (Å²) in [5, 5.41) is 8.99. The largest absolute Gasteiger partial charge is 0.497 e. The van der Waals surface area contributed by atoms with E-state index in [2.05, 4.69) is 31.9 Å². The highest BCUT2D eigenvalue weighted by atomic mass is 79.9. The minimum Gasteiger partial charge on any atom is -0.497 e. The van der Waals surface area contributed by atoms with Gasteiger partial charge in [0, 0.05) is 0 Å². The zero-order valence-electron chi connectivity index (χ0n) is 11.1. The molecule has 0 amide bonds. The number of aromatic carboxylic acids is 1. The van der Waals surface area contributed by atoms with Crippen LogP contribution in [0, 0.1) is 0 Å².